The van der Waals surface area contributed by atoms with Gasteiger partial charge in [-0.1, -0.05) is 48.0 Å². The zero-order valence-electron chi connectivity index (χ0n) is 17.0. The van der Waals surface area contributed by atoms with E-state index < -0.39 is 10.0 Å². The number of hydrogen-bond acceptors (Lipinski definition) is 4. The first-order valence-electron chi connectivity index (χ1n) is 9.52. The average Bonchev–Trinajstić information content (AvgIpc) is 2.74. The van der Waals surface area contributed by atoms with Gasteiger partial charge in [0.15, 0.2) is 0 Å². The molecule has 3 aromatic carbocycles. The van der Waals surface area contributed by atoms with Gasteiger partial charge in [0.05, 0.1) is 17.5 Å². The Balaban J connectivity index is 1.90. The predicted octanol–water partition coefficient (Wildman–Crippen LogP) is 5.33. The van der Waals surface area contributed by atoms with Crippen LogP contribution in [0.2, 0.25) is 0 Å². The first kappa shape index (κ1) is 19.9. The standard InChI is InChI=1S/C24H22N2O3S/c1-16-8-14-20(15-9-16)30(27,28)26-24-23(18-10-12-19(29-3)13-11-18)17(2)21-6-4-5-7-22(21)25-24/h4-15H,1-3H3,(H,25,26). The molecule has 0 aliphatic rings. The molecular formula is C24H22N2O3S. The van der Waals surface area contributed by atoms with E-state index in [0.717, 1.165) is 38.9 Å². The fraction of sp³-hybridized carbons (Fsp3) is 0.125. The third kappa shape index (κ3) is 3.74. The molecule has 4 aromatic rings. The molecule has 0 saturated heterocycles. The molecule has 152 valence electrons. The summed E-state index contributed by atoms with van der Waals surface area (Å²) in [4.78, 5) is 4.86. The van der Waals surface area contributed by atoms with Gasteiger partial charge in [-0.25, -0.2) is 13.4 Å². The molecule has 0 spiro atoms. The SMILES string of the molecule is COc1ccc(-c2c(NS(=O)(=O)c3ccc(C)cc3)nc3ccccc3c2C)cc1. The number of fused-ring (bicyclic) bond motifs is 1. The Bertz CT molecular complexity index is 1310. The second-order valence-corrected chi connectivity index (χ2v) is 8.81. The highest BCUT2D eigenvalue weighted by molar-refractivity contribution is 7.92. The Hall–Kier alpha value is -3.38. The van der Waals surface area contributed by atoms with Crippen molar-refractivity contribution < 1.29 is 13.2 Å². The van der Waals surface area contributed by atoms with Crippen molar-refractivity contribution >= 4 is 26.7 Å². The summed E-state index contributed by atoms with van der Waals surface area (Å²) in [5, 5.41) is 0.974. The van der Waals surface area contributed by atoms with E-state index in [-0.39, 0.29) is 4.90 Å². The van der Waals surface area contributed by atoms with Crippen LogP contribution in [0.25, 0.3) is 22.0 Å². The summed E-state index contributed by atoms with van der Waals surface area (Å²) in [5.41, 5.74) is 4.27. The molecule has 6 heteroatoms. The topological polar surface area (TPSA) is 68.3 Å². The number of nitrogens with one attached hydrogen (secondary N) is 1. The van der Waals surface area contributed by atoms with Crippen LogP contribution in [0.4, 0.5) is 5.82 Å². The lowest BCUT2D eigenvalue weighted by Crippen LogP contribution is -2.15. The van der Waals surface area contributed by atoms with Gasteiger partial charge in [0.2, 0.25) is 0 Å². The average molecular weight is 419 g/mol. The summed E-state index contributed by atoms with van der Waals surface area (Å²) in [6.45, 7) is 3.90. The van der Waals surface area contributed by atoms with Crippen molar-refractivity contribution in [2.75, 3.05) is 11.8 Å². The van der Waals surface area contributed by atoms with Crippen LogP contribution < -0.4 is 9.46 Å². The van der Waals surface area contributed by atoms with Crippen molar-refractivity contribution in [2.24, 2.45) is 0 Å². The Kier molecular flexibility index (Phi) is 5.18. The highest BCUT2D eigenvalue weighted by Gasteiger charge is 2.20. The molecule has 0 aliphatic carbocycles. The normalized spacial score (nSPS) is 11.4. The lowest BCUT2D eigenvalue weighted by molar-refractivity contribution is 0.415. The van der Waals surface area contributed by atoms with Crippen molar-refractivity contribution in [2.45, 2.75) is 18.7 Å². The zero-order valence-corrected chi connectivity index (χ0v) is 17.8. The van der Waals surface area contributed by atoms with E-state index in [1.54, 1.807) is 31.4 Å². The molecule has 30 heavy (non-hydrogen) atoms. The first-order chi connectivity index (χ1) is 14.4. The number of hydrogen-bond donors (Lipinski definition) is 1. The summed E-state index contributed by atoms with van der Waals surface area (Å²) in [5.74, 6) is 1.03. The number of aryl methyl sites for hydroxylation is 2. The minimum atomic E-state index is -3.80. The number of rotatable bonds is 5. The highest BCUT2D eigenvalue weighted by atomic mass is 32.2. The van der Waals surface area contributed by atoms with E-state index in [0.29, 0.717) is 5.82 Å². The van der Waals surface area contributed by atoms with E-state index in [9.17, 15) is 8.42 Å². The molecule has 0 unspecified atom stereocenters. The third-order valence-corrected chi connectivity index (χ3v) is 6.45. The van der Waals surface area contributed by atoms with Crippen LogP contribution in [-0.4, -0.2) is 20.5 Å². The van der Waals surface area contributed by atoms with Gasteiger partial charge in [0.1, 0.15) is 11.6 Å². The van der Waals surface area contributed by atoms with Gasteiger partial charge in [-0.05, 0) is 55.3 Å². The molecule has 0 amide bonds. The van der Waals surface area contributed by atoms with Crippen molar-refractivity contribution in [3.63, 3.8) is 0 Å². The van der Waals surface area contributed by atoms with E-state index >= 15 is 0 Å². The van der Waals surface area contributed by atoms with Gasteiger partial charge >= 0.3 is 0 Å². The number of sulfonamides is 1. The number of pyridine rings is 1. The van der Waals surface area contributed by atoms with Crippen LogP contribution in [0.1, 0.15) is 11.1 Å². The van der Waals surface area contributed by atoms with Gasteiger partial charge in [-0.2, -0.15) is 0 Å². The maximum atomic E-state index is 13.1. The molecule has 5 nitrogen and oxygen atoms in total. The molecule has 1 aromatic heterocycles. The molecule has 0 bridgehead atoms. The van der Waals surface area contributed by atoms with Crippen molar-refractivity contribution in [1.82, 2.24) is 4.98 Å². The van der Waals surface area contributed by atoms with Crippen LogP contribution in [0.3, 0.4) is 0 Å². The summed E-state index contributed by atoms with van der Waals surface area (Å²) in [6, 6.07) is 22.0. The zero-order chi connectivity index (χ0) is 21.3. The summed E-state index contributed by atoms with van der Waals surface area (Å²) < 4.78 is 34.1. The summed E-state index contributed by atoms with van der Waals surface area (Å²) >= 11 is 0. The molecule has 0 fully saturated rings. The number of anilines is 1. The molecular weight excluding hydrogens is 396 g/mol. The molecule has 1 heterocycles. The molecule has 0 radical (unpaired) electrons. The van der Waals surface area contributed by atoms with Gasteiger partial charge in [-0.15, -0.1) is 0 Å². The third-order valence-electron chi connectivity index (χ3n) is 5.09. The molecule has 0 atom stereocenters. The number of aromatic nitrogens is 1. The number of nitrogens with zero attached hydrogens (tertiary/aromatic N) is 1. The van der Waals surface area contributed by atoms with Crippen LogP contribution >= 0.6 is 0 Å². The predicted molar refractivity (Wildman–Crippen MR) is 120 cm³/mol. The van der Waals surface area contributed by atoms with Crippen molar-refractivity contribution in [3.8, 4) is 16.9 Å². The largest absolute Gasteiger partial charge is 0.497 e. The number of benzene rings is 3. The Morgan fingerprint density at radius 1 is 0.867 bits per heavy atom. The smallest absolute Gasteiger partial charge is 0.263 e. The Labute approximate surface area is 176 Å². The summed E-state index contributed by atoms with van der Waals surface area (Å²) in [7, 11) is -2.19. The van der Waals surface area contributed by atoms with Crippen molar-refractivity contribution in [1.29, 1.82) is 0 Å². The maximum Gasteiger partial charge on any atom is 0.263 e. The van der Waals surface area contributed by atoms with Crippen LogP contribution in [0, 0.1) is 13.8 Å². The minimum absolute atomic E-state index is 0.196. The van der Waals surface area contributed by atoms with E-state index in [4.69, 9.17) is 4.74 Å². The summed E-state index contributed by atoms with van der Waals surface area (Å²) in [6.07, 6.45) is 0. The second-order valence-electron chi connectivity index (χ2n) is 7.12. The fourth-order valence-corrected chi connectivity index (χ4v) is 4.48. The number of ether oxygens (including phenoxy) is 1. The van der Waals surface area contributed by atoms with Crippen molar-refractivity contribution in [3.05, 3.63) is 83.9 Å². The quantitative estimate of drug-likeness (QED) is 0.476. The molecule has 4 rings (SSSR count). The van der Waals surface area contributed by atoms with Crippen LogP contribution in [0.15, 0.2) is 77.7 Å². The first-order valence-corrected chi connectivity index (χ1v) is 11.0. The van der Waals surface area contributed by atoms with Gasteiger partial charge < -0.3 is 4.74 Å². The molecule has 0 saturated carbocycles. The minimum Gasteiger partial charge on any atom is -0.497 e. The fourth-order valence-electron chi connectivity index (χ4n) is 3.47. The highest BCUT2D eigenvalue weighted by Crippen LogP contribution is 2.36. The van der Waals surface area contributed by atoms with Crippen LogP contribution in [0.5, 0.6) is 5.75 Å². The van der Waals surface area contributed by atoms with E-state index in [2.05, 4.69) is 9.71 Å². The van der Waals surface area contributed by atoms with E-state index in [1.165, 1.54) is 0 Å². The monoisotopic (exact) mass is 418 g/mol. The molecule has 0 aliphatic heterocycles. The lowest BCUT2D eigenvalue weighted by Gasteiger charge is -2.17. The van der Waals surface area contributed by atoms with Gasteiger partial charge in [-0.3, -0.25) is 4.72 Å². The van der Waals surface area contributed by atoms with Gasteiger partial charge in [0.25, 0.3) is 10.0 Å². The molecule has 1 N–H and O–H groups in total. The number of para-hydroxylation sites is 1. The van der Waals surface area contributed by atoms with Crippen LogP contribution in [-0.2, 0) is 10.0 Å². The second kappa shape index (κ2) is 7.80. The maximum absolute atomic E-state index is 13.1. The lowest BCUT2D eigenvalue weighted by atomic mass is 9.98. The Morgan fingerprint density at radius 2 is 1.53 bits per heavy atom. The Morgan fingerprint density at radius 3 is 2.20 bits per heavy atom. The van der Waals surface area contributed by atoms with Gasteiger partial charge in [0, 0.05) is 10.9 Å². The number of methoxy groups -OCH3 is 1. The van der Waals surface area contributed by atoms with E-state index in [1.807, 2.05) is 62.4 Å².